The van der Waals surface area contributed by atoms with Gasteiger partial charge >= 0.3 is 0 Å². The van der Waals surface area contributed by atoms with E-state index >= 15 is 0 Å². The first-order chi connectivity index (χ1) is 8.69. The van der Waals surface area contributed by atoms with Crippen LogP contribution in [0.2, 0.25) is 0 Å². The van der Waals surface area contributed by atoms with Crippen molar-refractivity contribution in [3.05, 3.63) is 0 Å². The van der Waals surface area contributed by atoms with Gasteiger partial charge in [-0.1, -0.05) is 12.8 Å². The second kappa shape index (κ2) is 5.84. The number of nitrogens with zero attached hydrogens (tertiary/aromatic N) is 4. The third-order valence-electron chi connectivity index (χ3n) is 2.89. The smallest absolute Gasteiger partial charge is 0.231 e. The zero-order valence-corrected chi connectivity index (χ0v) is 11.4. The van der Waals surface area contributed by atoms with Gasteiger partial charge in [-0.2, -0.15) is 15.0 Å². The maximum atomic E-state index is 4.39. The Bertz CT molecular complexity index is 388. The highest BCUT2D eigenvalue weighted by molar-refractivity contribution is 5.42. The van der Waals surface area contributed by atoms with Crippen LogP contribution in [0.1, 0.15) is 26.2 Å². The van der Waals surface area contributed by atoms with E-state index in [0.717, 1.165) is 19.0 Å². The third-order valence-corrected chi connectivity index (χ3v) is 2.89. The first-order valence-electron chi connectivity index (χ1n) is 6.60. The summed E-state index contributed by atoms with van der Waals surface area (Å²) in [5.41, 5.74) is 0. The lowest BCUT2D eigenvalue weighted by Crippen LogP contribution is -2.17. The number of hydrogen-bond acceptors (Lipinski definition) is 6. The van der Waals surface area contributed by atoms with Gasteiger partial charge in [-0.25, -0.2) is 0 Å². The van der Waals surface area contributed by atoms with E-state index in [1.165, 1.54) is 19.3 Å². The number of anilines is 3. The first-order valence-corrected chi connectivity index (χ1v) is 6.60. The molecule has 0 aromatic carbocycles. The molecule has 1 heterocycles. The van der Waals surface area contributed by atoms with E-state index in [1.807, 2.05) is 25.9 Å². The highest BCUT2D eigenvalue weighted by atomic mass is 15.3. The van der Waals surface area contributed by atoms with Gasteiger partial charge in [0.15, 0.2) is 0 Å². The highest BCUT2D eigenvalue weighted by Gasteiger charge is 2.20. The molecule has 0 unspecified atom stereocenters. The van der Waals surface area contributed by atoms with Crippen LogP contribution in [0.15, 0.2) is 0 Å². The summed E-state index contributed by atoms with van der Waals surface area (Å²) in [4.78, 5) is 15.0. The predicted molar refractivity (Wildman–Crippen MR) is 74.1 cm³/mol. The van der Waals surface area contributed by atoms with E-state index in [4.69, 9.17) is 0 Å². The average molecular weight is 250 g/mol. The Morgan fingerprint density at radius 3 is 2.33 bits per heavy atom. The molecule has 1 aromatic rings. The van der Waals surface area contributed by atoms with Crippen molar-refractivity contribution in [3.8, 4) is 0 Å². The first kappa shape index (κ1) is 12.9. The molecule has 1 saturated carbocycles. The molecule has 18 heavy (non-hydrogen) atoms. The molecule has 2 rings (SSSR count). The SMILES string of the molecule is CCNc1nc(NCCC2CC2)nc(N(C)C)n1. The number of hydrogen-bond donors (Lipinski definition) is 2. The molecule has 1 aliphatic rings. The quantitative estimate of drug-likeness (QED) is 0.766. The summed E-state index contributed by atoms with van der Waals surface area (Å²) in [7, 11) is 3.86. The van der Waals surface area contributed by atoms with Gasteiger partial charge in [0.2, 0.25) is 17.8 Å². The number of nitrogens with one attached hydrogen (secondary N) is 2. The van der Waals surface area contributed by atoms with E-state index in [-0.39, 0.29) is 0 Å². The van der Waals surface area contributed by atoms with Crippen LogP contribution in [-0.2, 0) is 0 Å². The largest absolute Gasteiger partial charge is 0.354 e. The van der Waals surface area contributed by atoms with E-state index < -0.39 is 0 Å². The lowest BCUT2D eigenvalue weighted by molar-refractivity contribution is 0.754. The van der Waals surface area contributed by atoms with Crippen LogP contribution >= 0.6 is 0 Å². The number of rotatable bonds is 7. The Morgan fingerprint density at radius 2 is 1.78 bits per heavy atom. The molecule has 0 bridgehead atoms. The van der Waals surface area contributed by atoms with Crippen molar-refractivity contribution in [3.63, 3.8) is 0 Å². The van der Waals surface area contributed by atoms with Crippen LogP contribution in [0.5, 0.6) is 0 Å². The molecule has 0 spiro atoms. The molecule has 6 heteroatoms. The van der Waals surface area contributed by atoms with Gasteiger partial charge < -0.3 is 15.5 Å². The molecule has 1 aliphatic carbocycles. The third kappa shape index (κ3) is 3.72. The molecule has 0 atom stereocenters. The van der Waals surface area contributed by atoms with Crippen molar-refractivity contribution >= 4 is 17.8 Å². The second-order valence-electron chi connectivity index (χ2n) is 4.87. The van der Waals surface area contributed by atoms with Crippen molar-refractivity contribution in [1.82, 2.24) is 15.0 Å². The van der Waals surface area contributed by atoms with Crippen LogP contribution < -0.4 is 15.5 Å². The predicted octanol–water partition coefficient (Wildman–Crippen LogP) is 1.58. The standard InChI is InChI=1S/C12H22N6/c1-4-13-10-15-11(14-8-7-9-5-6-9)17-12(16-10)18(2)3/h9H,4-8H2,1-3H3,(H2,13,14,15,16,17). The van der Waals surface area contributed by atoms with Gasteiger partial charge in [0.25, 0.3) is 0 Å². The molecule has 1 aromatic heterocycles. The van der Waals surface area contributed by atoms with Crippen LogP contribution in [0.3, 0.4) is 0 Å². The van der Waals surface area contributed by atoms with E-state index in [0.29, 0.717) is 17.8 Å². The Kier molecular flexibility index (Phi) is 4.17. The van der Waals surface area contributed by atoms with Crippen LogP contribution in [-0.4, -0.2) is 42.1 Å². The Hall–Kier alpha value is -1.59. The van der Waals surface area contributed by atoms with Gasteiger partial charge in [0.1, 0.15) is 0 Å². The Balaban J connectivity index is 2.00. The Labute approximate surface area is 108 Å². The van der Waals surface area contributed by atoms with Crippen molar-refractivity contribution in [2.45, 2.75) is 26.2 Å². The highest BCUT2D eigenvalue weighted by Crippen LogP contribution is 2.32. The lowest BCUT2D eigenvalue weighted by Gasteiger charge is -2.13. The van der Waals surface area contributed by atoms with Crippen molar-refractivity contribution in [1.29, 1.82) is 0 Å². The molecule has 0 saturated heterocycles. The lowest BCUT2D eigenvalue weighted by atomic mass is 10.3. The van der Waals surface area contributed by atoms with Gasteiger partial charge in [0, 0.05) is 27.2 Å². The van der Waals surface area contributed by atoms with E-state index in [9.17, 15) is 0 Å². The maximum Gasteiger partial charge on any atom is 0.231 e. The fourth-order valence-electron chi connectivity index (χ4n) is 1.68. The normalized spacial score (nSPS) is 14.4. The fraction of sp³-hybridized carbons (Fsp3) is 0.750. The Morgan fingerprint density at radius 1 is 1.11 bits per heavy atom. The molecular weight excluding hydrogens is 228 g/mol. The van der Waals surface area contributed by atoms with Crippen molar-refractivity contribution in [2.75, 3.05) is 42.7 Å². The second-order valence-corrected chi connectivity index (χ2v) is 4.87. The summed E-state index contributed by atoms with van der Waals surface area (Å²) >= 11 is 0. The topological polar surface area (TPSA) is 66.0 Å². The zero-order valence-electron chi connectivity index (χ0n) is 11.4. The summed E-state index contributed by atoms with van der Waals surface area (Å²) in [5, 5.41) is 6.41. The minimum absolute atomic E-state index is 0.630. The van der Waals surface area contributed by atoms with Crippen LogP contribution in [0.4, 0.5) is 17.8 Å². The van der Waals surface area contributed by atoms with Crippen molar-refractivity contribution < 1.29 is 0 Å². The summed E-state index contributed by atoms with van der Waals surface area (Å²) in [5.74, 6) is 2.88. The maximum absolute atomic E-state index is 4.39. The zero-order chi connectivity index (χ0) is 13.0. The van der Waals surface area contributed by atoms with E-state index in [2.05, 4.69) is 25.6 Å². The molecular formula is C12H22N6. The van der Waals surface area contributed by atoms with Gasteiger partial charge in [-0.3, -0.25) is 0 Å². The molecule has 0 aliphatic heterocycles. The average Bonchev–Trinajstić information content (AvgIpc) is 3.13. The van der Waals surface area contributed by atoms with E-state index in [1.54, 1.807) is 0 Å². The summed E-state index contributed by atoms with van der Waals surface area (Å²) in [6, 6.07) is 0. The minimum atomic E-state index is 0.630. The van der Waals surface area contributed by atoms with Gasteiger partial charge in [-0.05, 0) is 19.3 Å². The minimum Gasteiger partial charge on any atom is -0.354 e. The molecule has 0 radical (unpaired) electrons. The summed E-state index contributed by atoms with van der Waals surface area (Å²) in [6.07, 6.45) is 3.97. The molecule has 1 fully saturated rings. The monoisotopic (exact) mass is 250 g/mol. The summed E-state index contributed by atoms with van der Waals surface area (Å²) in [6.45, 7) is 3.77. The fourth-order valence-corrected chi connectivity index (χ4v) is 1.68. The summed E-state index contributed by atoms with van der Waals surface area (Å²) < 4.78 is 0. The van der Waals surface area contributed by atoms with Crippen LogP contribution in [0.25, 0.3) is 0 Å². The van der Waals surface area contributed by atoms with Gasteiger partial charge in [-0.15, -0.1) is 0 Å². The molecule has 0 amide bonds. The van der Waals surface area contributed by atoms with Crippen molar-refractivity contribution in [2.24, 2.45) is 5.92 Å². The van der Waals surface area contributed by atoms with Crippen LogP contribution in [0, 0.1) is 5.92 Å². The molecule has 100 valence electrons. The molecule has 6 nitrogen and oxygen atoms in total. The number of aromatic nitrogens is 3. The van der Waals surface area contributed by atoms with Gasteiger partial charge in [0.05, 0.1) is 0 Å². The molecule has 2 N–H and O–H groups in total.